The second kappa shape index (κ2) is 6.38. The zero-order valence-corrected chi connectivity index (χ0v) is 15.5. The summed E-state index contributed by atoms with van der Waals surface area (Å²) in [5.41, 5.74) is 4.30. The molecule has 0 aliphatic heterocycles. The average Bonchev–Trinajstić information content (AvgIpc) is 3.19. The molecule has 0 saturated heterocycles. The van der Waals surface area contributed by atoms with Gasteiger partial charge < -0.3 is 4.42 Å². The van der Waals surface area contributed by atoms with Crippen LogP contribution in [0.4, 0.5) is 5.13 Å². The number of nitrogens with one attached hydrogen (secondary N) is 1. The van der Waals surface area contributed by atoms with E-state index in [1.807, 2.05) is 44.2 Å². The molecule has 0 saturated carbocycles. The van der Waals surface area contributed by atoms with Crippen LogP contribution in [0.1, 0.15) is 27.4 Å². The van der Waals surface area contributed by atoms with E-state index in [-0.39, 0.29) is 11.6 Å². The van der Waals surface area contributed by atoms with Gasteiger partial charge in [-0.05, 0) is 50.1 Å². The van der Waals surface area contributed by atoms with Gasteiger partial charge in [-0.2, -0.15) is 0 Å². The van der Waals surface area contributed by atoms with Gasteiger partial charge in [0.1, 0.15) is 5.76 Å². The average molecular weight is 363 g/mol. The number of hydrogen-bond donors (Lipinski definition) is 1. The van der Waals surface area contributed by atoms with E-state index in [0.717, 1.165) is 21.3 Å². The summed E-state index contributed by atoms with van der Waals surface area (Å²) < 4.78 is 6.72. The minimum absolute atomic E-state index is 0.274. The van der Waals surface area contributed by atoms with Crippen LogP contribution in [0.2, 0.25) is 0 Å². The molecule has 1 amide bonds. The molecule has 4 aromatic rings. The SMILES string of the molecule is Cc1cc(C)c2nc(NC(=O)c3nc(-c4ccccc4)oc3C)sc2c1. The van der Waals surface area contributed by atoms with Crippen LogP contribution in [0.25, 0.3) is 21.7 Å². The minimum atomic E-state index is -0.318. The van der Waals surface area contributed by atoms with Crippen molar-refractivity contribution in [3.05, 3.63) is 65.0 Å². The van der Waals surface area contributed by atoms with Crippen LogP contribution in [0.3, 0.4) is 0 Å². The molecule has 0 bridgehead atoms. The molecular weight excluding hydrogens is 346 g/mol. The number of fused-ring (bicyclic) bond motifs is 1. The van der Waals surface area contributed by atoms with Crippen molar-refractivity contribution in [3.63, 3.8) is 0 Å². The van der Waals surface area contributed by atoms with Gasteiger partial charge in [-0.25, -0.2) is 9.97 Å². The summed E-state index contributed by atoms with van der Waals surface area (Å²) in [5.74, 6) is 0.598. The number of aryl methyl sites for hydroxylation is 3. The standard InChI is InChI=1S/C20H17N3O2S/c1-11-9-12(2)16-15(10-11)26-20(22-16)23-18(24)17-13(3)25-19(21-17)14-7-5-4-6-8-14/h4-10H,1-3H3,(H,22,23,24). The Hall–Kier alpha value is -2.99. The first-order chi connectivity index (χ1) is 12.5. The highest BCUT2D eigenvalue weighted by Gasteiger charge is 2.19. The highest BCUT2D eigenvalue weighted by molar-refractivity contribution is 7.22. The molecule has 2 aromatic carbocycles. The number of amides is 1. The van der Waals surface area contributed by atoms with Crippen molar-refractivity contribution in [2.24, 2.45) is 0 Å². The van der Waals surface area contributed by atoms with Crippen LogP contribution in [0, 0.1) is 20.8 Å². The Kier molecular flexibility index (Phi) is 4.05. The number of nitrogens with zero attached hydrogens (tertiary/aromatic N) is 2. The molecule has 4 rings (SSSR count). The maximum atomic E-state index is 12.6. The molecule has 2 heterocycles. The summed E-state index contributed by atoms with van der Waals surface area (Å²) in [7, 11) is 0. The Morgan fingerprint density at radius 2 is 1.85 bits per heavy atom. The van der Waals surface area contributed by atoms with Crippen molar-refractivity contribution in [1.29, 1.82) is 0 Å². The summed E-state index contributed by atoms with van der Waals surface area (Å²) in [4.78, 5) is 21.5. The van der Waals surface area contributed by atoms with E-state index in [4.69, 9.17) is 4.42 Å². The van der Waals surface area contributed by atoms with E-state index in [1.165, 1.54) is 16.9 Å². The molecule has 0 aliphatic rings. The normalized spacial score (nSPS) is 11.0. The van der Waals surface area contributed by atoms with Crippen LogP contribution >= 0.6 is 11.3 Å². The van der Waals surface area contributed by atoms with Gasteiger partial charge in [0.05, 0.1) is 10.2 Å². The van der Waals surface area contributed by atoms with E-state index in [9.17, 15) is 4.79 Å². The number of aromatic nitrogens is 2. The van der Waals surface area contributed by atoms with E-state index >= 15 is 0 Å². The predicted octanol–water partition coefficient (Wildman–Crippen LogP) is 5.13. The Morgan fingerprint density at radius 3 is 2.62 bits per heavy atom. The van der Waals surface area contributed by atoms with Crippen molar-refractivity contribution < 1.29 is 9.21 Å². The van der Waals surface area contributed by atoms with Gasteiger partial charge in [0.2, 0.25) is 5.89 Å². The molecule has 0 radical (unpaired) electrons. The zero-order valence-electron chi connectivity index (χ0n) is 14.7. The lowest BCUT2D eigenvalue weighted by atomic mass is 10.1. The van der Waals surface area contributed by atoms with Gasteiger partial charge in [0.15, 0.2) is 10.8 Å². The monoisotopic (exact) mass is 363 g/mol. The van der Waals surface area contributed by atoms with Gasteiger partial charge in [0.25, 0.3) is 5.91 Å². The van der Waals surface area contributed by atoms with Crippen LogP contribution < -0.4 is 5.32 Å². The number of carbonyl (C=O) groups excluding carboxylic acids is 1. The van der Waals surface area contributed by atoms with Crippen molar-refractivity contribution in [1.82, 2.24) is 9.97 Å². The predicted molar refractivity (Wildman–Crippen MR) is 104 cm³/mol. The van der Waals surface area contributed by atoms with Crippen molar-refractivity contribution in [3.8, 4) is 11.5 Å². The molecule has 6 heteroatoms. The fourth-order valence-electron chi connectivity index (χ4n) is 2.89. The van der Waals surface area contributed by atoms with Gasteiger partial charge >= 0.3 is 0 Å². The molecule has 26 heavy (non-hydrogen) atoms. The summed E-state index contributed by atoms with van der Waals surface area (Å²) >= 11 is 1.46. The smallest absolute Gasteiger partial charge is 0.279 e. The van der Waals surface area contributed by atoms with Gasteiger partial charge in [-0.3, -0.25) is 10.1 Å². The fraction of sp³-hybridized carbons (Fsp3) is 0.150. The quantitative estimate of drug-likeness (QED) is 0.548. The largest absolute Gasteiger partial charge is 0.441 e. The highest BCUT2D eigenvalue weighted by atomic mass is 32.1. The molecular formula is C20H17N3O2S. The minimum Gasteiger partial charge on any atom is -0.441 e. The van der Waals surface area contributed by atoms with Crippen molar-refractivity contribution >= 4 is 32.6 Å². The molecule has 2 aromatic heterocycles. The molecule has 0 unspecified atom stereocenters. The lowest BCUT2D eigenvalue weighted by Gasteiger charge is -1.97. The van der Waals surface area contributed by atoms with E-state index in [1.54, 1.807) is 6.92 Å². The van der Waals surface area contributed by atoms with Crippen LogP contribution in [-0.4, -0.2) is 15.9 Å². The van der Waals surface area contributed by atoms with Crippen LogP contribution in [-0.2, 0) is 0 Å². The molecule has 130 valence electrons. The maximum Gasteiger partial charge on any atom is 0.279 e. The molecule has 0 atom stereocenters. The number of oxazole rings is 1. The van der Waals surface area contributed by atoms with Gasteiger partial charge in [0, 0.05) is 5.56 Å². The molecule has 0 spiro atoms. The first kappa shape index (κ1) is 16.5. The molecule has 1 N–H and O–H groups in total. The Balaban J connectivity index is 1.63. The highest BCUT2D eigenvalue weighted by Crippen LogP contribution is 2.30. The summed E-state index contributed by atoms with van der Waals surface area (Å²) in [6.45, 7) is 5.81. The summed E-state index contributed by atoms with van der Waals surface area (Å²) in [5, 5.41) is 3.40. The number of hydrogen-bond acceptors (Lipinski definition) is 5. The maximum absolute atomic E-state index is 12.6. The Labute approximate surface area is 154 Å². The van der Waals surface area contributed by atoms with Crippen LogP contribution in [0.5, 0.6) is 0 Å². The van der Waals surface area contributed by atoms with Crippen LogP contribution in [0.15, 0.2) is 46.9 Å². The third kappa shape index (κ3) is 2.99. The fourth-order valence-corrected chi connectivity index (χ4v) is 3.93. The Morgan fingerprint density at radius 1 is 1.08 bits per heavy atom. The summed E-state index contributed by atoms with van der Waals surface area (Å²) in [6, 6.07) is 13.7. The molecule has 0 fully saturated rings. The topological polar surface area (TPSA) is 68.0 Å². The summed E-state index contributed by atoms with van der Waals surface area (Å²) in [6.07, 6.45) is 0. The number of carbonyl (C=O) groups is 1. The number of benzene rings is 2. The van der Waals surface area contributed by atoms with Crippen molar-refractivity contribution in [2.45, 2.75) is 20.8 Å². The van der Waals surface area contributed by atoms with Gasteiger partial charge in [-0.15, -0.1) is 0 Å². The van der Waals surface area contributed by atoms with Gasteiger partial charge in [-0.1, -0.05) is 35.6 Å². The Bertz CT molecular complexity index is 1110. The lowest BCUT2D eigenvalue weighted by molar-refractivity contribution is 0.102. The number of anilines is 1. The second-order valence-electron chi connectivity index (χ2n) is 6.19. The van der Waals surface area contributed by atoms with Crippen molar-refractivity contribution in [2.75, 3.05) is 5.32 Å². The van der Waals surface area contributed by atoms with E-state index < -0.39 is 0 Å². The van der Waals surface area contributed by atoms with E-state index in [2.05, 4.69) is 27.4 Å². The first-order valence-electron chi connectivity index (χ1n) is 8.23. The lowest BCUT2D eigenvalue weighted by Crippen LogP contribution is -2.13. The molecule has 0 aliphatic carbocycles. The zero-order chi connectivity index (χ0) is 18.3. The second-order valence-corrected chi connectivity index (χ2v) is 7.22. The third-order valence-corrected chi connectivity index (χ3v) is 5.00. The number of rotatable bonds is 3. The third-order valence-electron chi connectivity index (χ3n) is 4.08. The first-order valence-corrected chi connectivity index (χ1v) is 9.05. The van der Waals surface area contributed by atoms with E-state index in [0.29, 0.717) is 16.8 Å². The molecule has 5 nitrogen and oxygen atoms in total. The number of thiazole rings is 1.